The second-order valence-corrected chi connectivity index (χ2v) is 7.71. The lowest BCUT2D eigenvalue weighted by Crippen LogP contribution is -2.41. The molecule has 0 bridgehead atoms. The van der Waals surface area contributed by atoms with E-state index in [2.05, 4.69) is 10.0 Å². The van der Waals surface area contributed by atoms with E-state index < -0.39 is 26.9 Å². The van der Waals surface area contributed by atoms with Gasteiger partial charge in [0.05, 0.1) is 22.5 Å². The number of nitrogens with one attached hydrogen (secondary N) is 2. The third-order valence-corrected chi connectivity index (χ3v) is 5.34. The van der Waals surface area contributed by atoms with Crippen molar-refractivity contribution < 1.29 is 22.9 Å². The SMILES string of the molecule is CCOc1ccc(S(=O)(=O)N[C@@H](C)C(=O)Nc2cccc([N+](=O)[O-])c2)cc1C. The number of nitrogens with zero attached hydrogens (tertiary/aromatic N) is 1. The topological polar surface area (TPSA) is 128 Å². The van der Waals surface area contributed by atoms with Crippen molar-refractivity contribution in [3.8, 4) is 5.75 Å². The predicted octanol–water partition coefficient (Wildman–Crippen LogP) is 2.61. The summed E-state index contributed by atoms with van der Waals surface area (Å²) in [5.74, 6) is -0.0651. The second-order valence-electron chi connectivity index (χ2n) is 6.00. The van der Waals surface area contributed by atoms with Crippen LogP contribution in [0.2, 0.25) is 0 Å². The molecule has 2 rings (SSSR count). The molecule has 150 valence electrons. The van der Waals surface area contributed by atoms with Crippen LogP contribution in [0.4, 0.5) is 11.4 Å². The fourth-order valence-electron chi connectivity index (χ4n) is 2.41. The van der Waals surface area contributed by atoms with E-state index in [1.807, 2.05) is 6.92 Å². The van der Waals surface area contributed by atoms with Crippen LogP contribution in [0.5, 0.6) is 5.75 Å². The molecule has 28 heavy (non-hydrogen) atoms. The predicted molar refractivity (Wildman–Crippen MR) is 104 cm³/mol. The van der Waals surface area contributed by atoms with Gasteiger partial charge in [-0.05, 0) is 50.6 Å². The Labute approximate surface area is 162 Å². The maximum atomic E-state index is 12.5. The molecular formula is C18H21N3O6S. The highest BCUT2D eigenvalue weighted by atomic mass is 32.2. The number of hydrogen-bond donors (Lipinski definition) is 2. The highest BCUT2D eigenvalue weighted by molar-refractivity contribution is 7.89. The summed E-state index contributed by atoms with van der Waals surface area (Å²) in [4.78, 5) is 22.5. The monoisotopic (exact) mass is 407 g/mol. The number of hydrogen-bond acceptors (Lipinski definition) is 6. The summed E-state index contributed by atoms with van der Waals surface area (Å²) in [7, 11) is -3.95. The molecule has 0 radical (unpaired) electrons. The number of amides is 1. The molecule has 0 unspecified atom stereocenters. The Morgan fingerprint density at radius 1 is 1.25 bits per heavy atom. The van der Waals surface area contributed by atoms with Crippen LogP contribution < -0.4 is 14.8 Å². The molecule has 1 amide bonds. The molecule has 1 atom stereocenters. The summed E-state index contributed by atoms with van der Waals surface area (Å²) >= 11 is 0. The van der Waals surface area contributed by atoms with Crippen molar-refractivity contribution in [2.75, 3.05) is 11.9 Å². The van der Waals surface area contributed by atoms with Crippen LogP contribution in [0, 0.1) is 17.0 Å². The number of nitro benzene ring substituents is 1. The molecule has 2 N–H and O–H groups in total. The smallest absolute Gasteiger partial charge is 0.271 e. The van der Waals surface area contributed by atoms with Gasteiger partial charge in [0, 0.05) is 17.8 Å². The Kier molecular flexibility index (Phi) is 6.71. The fourth-order valence-corrected chi connectivity index (χ4v) is 3.70. The maximum absolute atomic E-state index is 12.5. The molecule has 0 aliphatic heterocycles. The van der Waals surface area contributed by atoms with Crippen LogP contribution in [-0.4, -0.2) is 31.9 Å². The average molecular weight is 407 g/mol. The summed E-state index contributed by atoms with van der Waals surface area (Å²) in [5.41, 5.74) is 0.663. The van der Waals surface area contributed by atoms with Gasteiger partial charge in [-0.3, -0.25) is 14.9 Å². The van der Waals surface area contributed by atoms with Crippen molar-refractivity contribution in [3.05, 3.63) is 58.1 Å². The first kappa shape index (κ1) is 21.3. The zero-order valence-electron chi connectivity index (χ0n) is 15.6. The average Bonchev–Trinajstić information content (AvgIpc) is 2.63. The molecule has 2 aromatic carbocycles. The van der Waals surface area contributed by atoms with E-state index in [9.17, 15) is 23.3 Å². The number of aryl methyl sites for hydroxylation is 1. The van der Waals surface area contributed by atoms with Crippen molar-refractivity contribution in [3.63, 3.8) is 0 Å². The number of rotatable bonds is 8. The number of ether oxygens (including phenoxy) is 1. The second kappa shape index (κ2) is 8.81. The van der Waals surface area contributed by atoms with Gasteiger partial charge in [-0.1, -0.05) is 6.07 Å². The summed E-state index contributed by atoms with van der Waals surface area (Å²) in [6.07, 6.45) is 0. The lowest BCUT2D eigenvalue weighted by atomic mass is 10.2. The Hall–Kier alpha value is -2.98. The van der Waals surface area contributed by atoms with Gasteiger partial charge in [-0.15, -0.1) is 0 Å². The number of benzene rings is 2. The molecule has 0 saturated carbocycles. The van der Waals surface area contributed by atoms with Gasteiger partial charge in [0.15, 0.2) is 0 Å². The molecule has 2 aromatic rings. The minimum absolute atomic E-state index is 0.00320. The Bertz CT molecular complexity index is 991. The number of nitro groups is 1. The molecule has 0 fully saturated rings. The summed E-state index contributed by atoms with van der Waals surface area (Å²) < 4.78 is 32.8. The van der Waals surface area contributed by atoms with Gasteiger partial charge in [-0.2, -0.15) is 4.72 Å². The Balaban J connectivity index is 2.11. The van der Waals surface area contributed by atoms with Gasteiger partial charge in [0.25, 0.3) is 5.69 Å². The first-order valence-electron chi connectivity index (χ1n) is 8.45. The third kappa shape index (κ3) is 5.27. The summed E-state index contributed by atoms with van der Waals surface area (Å²) in [5, 5.41) is 13.3. The Morgan fingerprint density at radius 2 is 1.96 bits per heavy atom. The van der Waals surface area contributed by atoms with E-state index in [0.717, 1.165) is 0 Å². The lowest BCUT2D eigenvalue weighted by Gasteiger charge is -2.15. The number of anilines is 1. The van der Waals surface area contributed by atoms with Crippen molar-refractivity contribution in [1.82, 2.24) is 4.72 Å². The van der Waals surface area contributed by atoms with Crippen LogP contribution in [0.25, 0.3) is 0 Å². The zero-order valence-corrected chi connectivity index (χ0v) is 16.4. The van der Waals surface area contributed by atoms with E-state index >= 15 is 0 Å². The molecule has 0 aliphatic rings. The van der Waals surface area contributed by atoms with Crippen LogP contribution in [0.15, 0.2) is 47.4 Å². The van der Waals surface area contributed by atoms with Crippen LogP contribution in [-0.2, 0) is 14.8 Å². The van der Waals surface area contributed by atoms with Gasteiger partial charge in [0.1, 0.15) is 5.75 Å². The standard InChI is InChI=1S/C18H21N3O6S/c1-4-27-17-9-8-16(10-12(17)2)28(25,26)20-13(3)18(22)19-14-6-5-7-15(11-14)21(23)24/h5-11,13,20H,4H2,1-3H3,(H,19,22)/t13-/m0/s1. The number of carbonyl (C=O) groups is 1. The number of sulfonamides is 1. The first-order valence-corrected chi connectivity index (χ1v) is 9.93. The normalized spacial score (nSPS) is 12.2. The van der Waals surface area contributed by atoms with Crippen LogP contribution in [0.1, 0.15) is 19.4 Å². The molecule has 0 spiro atoms. The largest absolute Gasteiger partial charge is 0.494 e. The van der Waals surface area contributed by atoms with E-state index in [-0.39, 0.29) is 16.3 Å². The Morgan fingerprint density at radius 3 is 2.57 bits per heavy atom. The molecular weight excluding hydrogens is 386 g/mol. The van der Waals surface area contributed by atoms with Crippen molar-refractivity contribution in [1.29, 1.82) is 0 Å². The number of carbonyl (C=O) groups excluding carboxylic acids is 1. The third-order valence-electron chi connectivity index (χ3n) is 3.81. The maximum Gasteiger partial charge on any atom is 0.271 e. The first-order chi connectivity index (χ1) is 13.1. The van der Waals surface area contributed by atoms with Gasteiger partial charge >= 0.3 is 0 Å². The molecule has 0 saturated heterocycles. The fraction of sp³-hybridized carbons (Fsp3) is 0.278. The summed E-state index contributed by atoms with van der Waals surface area (Å²) in [6.45, 7) is 5.39. The van der Waals surface area contributed by atoms with Crippen LogP contribution in [0.3, 0.4) is 0 Å². The molecule has 0 aliphatic carbocycles. The van der Waals surface area contributed by atoms with Crippen LogP contribution >= 0.6 is 0 Å². The molecule has 0 aromatic heterocycles. The van der Waals surface area contributed by atoms with E-state index in [0.29, 0.717) is 17.9 Å². The van der Waals surface area contributed by atoms with Crippen molar-refractivity contribution in [2.24, 2.45) is 0 Å². The minimum Gasteiger partial charge on any atom is -0.494 e. The zero-order chi connectivity index (χ0) is 20.9. The van der Waals surface area contributed by atoms with Gasteiger partial charge in [-0.25, -0.2) is 8.42 Å². The highest BCUT2D eigenvalue weighted by Crippen LogP contribution is 2.22. The van der Waals surface area contributed by atoms with Crippen molar-refractivity contribution in [2.45, 2.75) is 31.7 Å². The van der Waals surface area contributed by atoms with E-state index in [1.165, 1.54) is 43.3 Å². The van der Waals surface area contributed by atoms with Gasteiger partial charge in [0.2, 0.25) is 15.9 Å². The van der Waals surface area contributed by atoms with Gasteiger partial charge < -0.3 is 10.1 Å². The number of non-ortho nitro benzene ring substituents is 1. The highest BCUT2D eigenvalue weighted by Gasteiger charge is 2.23. The van der Waals surface area contributed by atoms with E-state index in [1.54, 1.807) is 13.0 Å². The molecule has 0 heterocycles. The van der Waals surface area contributed by atoms with Crippen molar-refractivity contribution >= 4 is 27.3 Å². The minimum atomic E-state index is -3.95. The molecule has 9 nitrogen and oxygen atoms in total. The van der Waals surface area contributed by atoms with E-state index in [4.69, 9.17) is 4.74 Å². The lowest BCUT2D eigenvalue weighted by molar-refractivity contribution is -0.384. The quantitative estimate of drug-likeness (QED) is 0.511. The summed E-state index contributed by atoms with van der Waals surface area (Å²) in [6, 6.07) is 8.68. The molecule has 10 heteroatoms.